The number of carbonyl (C=O) groups is 1. The minimum absolute atomic E-state index is 0. The fraction of sp³-hybridized carbons (Fsp3) is 0.360. The van der Waals surface area contributed by atoms with Crippen molar-refractivity contribution in [2.24, 2.45) is 0 Å². The van der Waals surface area contributed by atoms with Gasteiger partial charge < -0.3 is 24.1 Å². The Balaban J connectivity index is 0.00000306. The normalized spacial score (nSPS) is 10.7. The summed E-state index contributed by atoms with van der Waals surface area (Å²) >= 11 is 0. The van der Waals surface area contributed by atoms with Crippen molar-refractivity contribution in [1.82, 2.24) is 9.88 Å². The van der Waals surface area contributed by atoms with Crippen molar-refractivity contribution in [2.45, 2.75) is 27.3 Å². The first kappa shape index (κ1) is 24.1. The smallest absolute Gasteiger partial charge is 0.319 e. The Kier molecular flexibility index (Phi) is 8.70. The summed E-state index contributed by atoms with van der Waals surface area (Å²) in [6.45, 7) is 8.11. The summed E-state index contributed by atoms with van der Waals surface area (Å²) in [7, 11) is 0. The largest absolute Gasteiger partial charge is 0.494 e. The highest BCUT2D eigenvalue weighted by molar-refractivity contribution is 5.95. The molecule has 0 atom stereocenters. The SMILES string of the molecule is CCOC(=O)CNCOCNc1ccc(-c2c(C#N)c3ccc(OCC)cc3n2CC)cc1.[HH].[HH]. The lowest BCUT2D eigenvalue weighted by atomic mass is 10.1. The summed E-state index contributed by atoms with van der Waals surface area (Å²) in [5.74, 6) is 0.490. The predicted molar refractivity (Wildman–Crippen MR) is 132 cm³/mol. The Morgan fingerprint density at radius 3 is 2.55 bits per heavy atom. The molecule has 0 aliphatic rings. The van der Waals surface area contributed by atoms with Gasteiger partial charge in [0.05, 0.1) is 43.3 Å². The van der Waals surface area contributed by atoms with Crippen LogP contribution in [0.2, 0.25) is 0 Å². The molecule has 33 heavy (non-hydrogen) atoms. The van der Waals surface area contributed by atoms with E-state index in [1.165, 1.54) is 0 Å². The number of hydrogen-bond acceptors (Lipinski definition) is 7. The van der Waals surface area contributed by atoms with Gasteiger partial charge in [-0.2, -0.15) is 5.26 Å². The van der Waals surface area contributed by atoms with Crippen LogP contribution in [0.1, 0.15) is 29.2 Å². The van der Waals surface area contributed by atoms with Crippen LogP contribution in [0.5, 0.6) is 5.75 Å². The summed E-state index contributed by atoms with van der Waals surface area (Å²) in [5.41, 5.74) is 4.40. The average Bonchev–Trinajstić information content (AvgIpc) is 3.14. The fourth-order valence-corrected chi connectivity index (χ4v) is 3.70. The Labute approximate surface area is 197 Å². The van der Waals surface area contributed by atoms with Crippen LogP contribution < -0.4 is 15.4 Å². The van der Waals surface area contributed by atoms with E-state index in [9.17, 15) is 10.1 Å². The van der Waals surface area contributed by atoms with Crippen LogP contribution in [0.4, 0.5) is 5.69 Å². The van der Waals surface area contributed by atoms with Gasteiger partial charge in [-0.1, -0.05) is 12.1 Å². The van der Waals surface area contributed by atoms with E-state index in [1.807, 2.05) is 49.4 Å². The van der Waals surface area contributed by atoms with E-state index < -0.39 is 0 Å². The lowest BCUT2D eigenvalue weighted by Crippen LogP contribution is -2.27. The molecule has 0 aliphatic heterocycles. The van der Waals surface area contributed by atoms with Crippen molar-refractivity contribution in [3.8, 4) is 23.1 Å². The number of hydrogen-bond donors (Lipinski definition) is 2. The van der Waals surface area contributed by atoms with Gasteiger partial charge in [0.1, 0.15) is 18.5 Å². The molecule has 178 valence electrons. The van der Waals surface area contributed by atoms with Crippen molar-refractivity contribution in [3.05, 3.63) is 48.0 Å². The van der Waals surface area contributed by atoms with E-state index in [1.54, 1.807) is 6.92 Å². The molecule has 3 rings (SSSR count). The Morgan fingerprint density at radius 2 is 1.88 bits per heavy atom. The zero-order valence-electron chi connectivity index (χ0n) is 19.3. The summed E-state index contributed by atoms with van der Waals surface area (Å²) < 4.78 is 18.1. The molecule has 0 spiro atoms. The number of nitrogens with zero attached hydrogens (tertiary/aromatic N) is 2. The fourth-order valence-electron chi connectivity index (χ4n) is 3.70. The Morgan fingerprint density at radius 1 is 1.09 bits per heavy atom. The monoisotopic (exact) mass is 454 g/mol. The molecule has 8 heteroatoms. The number of aryl methyl sites for hydroxylation is 1. The topological polar surface area (TPSA) is 97.5 Å². The van der Waals surface area contributed by atoms with E-state index in [4.69, 9.17) is 14.2 Å². The highest BCUT2D eigenvalue weighted by Crippen LogP contribution is 2.35. The van der Waals surface area contributed by atoms with Gasteiger partial charge in [-0.15, -0.1) is 0 Å². The number of rotatable bonds is 12. The third-order valence-electron chi connectivity index (χ3n) is 5.09. The summed E-state index contributed by atoms with van der Waals surface area (Å²) in [5, 5.41) is 16.9. The van der Waals surface area contributed by atoms with Crippen LogP contribution in [0.25, 0.3) is 22.2 Å². The van der Waals surface area contributed by atoms with Crippen molar-refractivity contribution < 1.29 is 21.9 Å². The van der Waals surface area contributed by atoms with Crippen molar-refractivity contribution in [1.29, 1.82) is 5.26 Å². The van der Waals surface area contributed by atoms with Gasteiger partial charge >= 0.3 is 5.97 Å². The van der Waals surface area contributed by atoms with Crippen LogP contribution >= 0.6 is 0 Å². The molecule has 0 amide bonds. The highest BCUT2D eigenvalue weighted by Gasteiger charge is 2.18. The van der Waals surface area contributed by atoms with Gasteiger partial charge in [0.25, 0.3) is 0 Å². The molecule has 0 bridgehead atoms. The minimum atomic E-state index is -0.306. The van der Waals surface area contributed by atoms with Crippen molar-refractivity contribution >= 4 is 22.6 Å². The van der Waals surface area contributed by atoms with Gasteiger partial charge in [0.15, 0.2) is 0 Å². The number of nitriles is 1. The summed E-state index contributed by atoms with van der Waals surface area (Å²) in [6.07, 6.45) is 0. The van der Waals surface area contributed by atoms with Crippen molar-refractivity contribution in [3.63, 3.8) is 0 Å². The molecule has 0 saturated heterocycles. The first-order valence-corrected chi connectivity index (χ1v) is 11.1. The third-order valence-corrected chi connectivity index (χ3v) is 5.09. The van der Waals surface area contributed by atoms with Gasteiger partial charge in [0.2, 0.25) is 0 Å². The van der Waals surface area contributed by atoms with Crippen LogP contribution in [-0.2, 0) is 20.8 Å². The maximum atomic E-state index is 11.3. The summed E-state index contributed by atoms with van der Waals surface area (Å²) in [6, 6.07) is 16.1. The van der Waals surface area contributed by atoms with E-state index in [-0.39, 0.29) is 28.8 Å². The number of aromatic nitrogens is 1. The first-order valence-electron chi connectivity index (χ1n) is 11.1. The number of fused-ring (bicyclic) bond motifs is 1. The van der Waals surface area contributed by atoms with Gasteiger partial charge in [-0.25, -0.2) is 0 Å². The molecule has 1 aromatic heterocycles. The average molecular weight is 455 g/mol. The standard InChI is InChI=1S/C25H30N4O4.2H2/c1-4-29-23-13-20(32-5-2)11-12-21(23)22(14-26)25(29)18-7-9-19(10-8-18)28-17-31-16-27-15-24(30)33-6-3;;/h7-13,27-28H,4-6,15-17H2,1-3H3;2*1H. The maximum Gasteiger partial charge on any atom is 0.319 e. The number of carbonyl (C=O) groups excluding carboxylic acids is 1. The maximum absolute atomic E-state index is 11.3. The number of ether oxygens (including phenoxy) is 3. The number of nitrogens with one attached hydrogen (secondary N) is 2. The van der Waals surface area contributed by atoms with E-state index in [2.05, 4.69) is 28.2 Å². The molecule has 0 unspecified atom stereocenters. The molecule has 8 nitrogen and oxygen atoms in total. The second kappa shape index (κ2) is 11.9. The van der Waals surface area contributed by atoms with E-state index >= 15 is 0 Å². The molecule has 2 aromatic carbocycles. The van der Waals surface area contributed by atoms with Crippen LogP contribution in [0.3, 0.4) is 0 Å². The highest BCUT2D eigenvalue weighted by atomic mass is 16.5. The minimum Gasteiger partial charge on any atom is -0.494 e. The Bertz CT molecular complexity index is 1130. The summed E-state index contributed by atoms with van der Waals surface area (Å²) in [4.78, 5) is 11.3. The second-order valence-electron chi connectivity index (χ2n) is 7.17. The number of anilines is 1. The predicted octanol–water partition coefficient (Wildman–Crippen LogP) is 4.59. The van der Waals surface area contributed by atoms with Crippen LogP contribution in [0.15, 0.2) is 42.5 Å². The second-order valence-corrected chi connectivity index (χ2v) is 7.17. The zero-order chi connectivity index (χ0) is 23.6. The lowest BCUT2D eigenvalue weighted by molar-refractivity contribution is -0.142. The van der Waals surface area contributed by atoms with Gasteiger partial charge in [-0.3, -0.25) is 10.1 Å². The van der Waals surface area contributed by atoms with E-state index in [0.29, 0.717) is 18.8 Å². The quantitative estimate of drug-likeness (QED) is 0.235. The zero-order valence-corrected chi connectivity index (χ0v) is 19.3. The molecule has 1 heterocycles. The molecule has 0 fully saturated rings. The van der Waals surface area contributed by atoms with Crippen LogP contribution in [-0.4, -0.2) is 43.8 Å². The first-order chi connectivity index (χ1) is 16.1. The van der Waals surface area contributed by atoms with Crippen molar-refractivity contribution in [2.75, 3.05) is 38.5 Å². The molecule has 0 saturated carbocycles. The third kappa shape index (κ3) is 5.83. The number of benzene rings is 2. The molecule has 0 aliphatic carbocycles. The van der Waals surface area contributed by atoms with E-state index in [0.717, 1.165) is 40.1 Å². The lowest BCUT2D eigenvalue weighted by Gasteiger charge is -2.11. The van der Waals surface area contributed by atoms with Gasteiger partial charge in [0, 0.05) is 26.5 Å². The molecule has 0 radical (unpaired) electrons. The Hall–Kier alpha value is -3.54. The molecular formula is C25H34N4O4. The molecule has 2 N–H and O–H groups in total. The molecule has 3 aromatic rings. The number of esters is 1. The van der Waals surface area contributed by atoms with Gasteiger partial charge in [-0.05, 0) is 50.6 Å². The molecular weight excluding hydrogens is 420 g/mol. The van der Waals surface area contributed by atoms with Crippen LogP contribution in [0, 0.1) is 11.3 Å².